The van der Waals surface area contributed by atoms with E-state index in [4.69, 9.17) is 9.47 Å². The number of amides is 1. The Bertz CT molecular complexity index is 688. The first-order valence-electron chi connectivity index (χ1n) is 8.21. The highest BCUT2D eigenvalue weighted by molar-refractivity contribution is 7.10. The summed E-state index contributed by atoms with van der Waals surface area (Å²) in [5.74, 6) is 1.44. The predicted octanol–water partition coefficient (Wildman–Crippen LogP) is 3.64. The van der Waals surface area contributed by atoms with Crippen LogP contribution in [0.3, 0.4) is 0 Å². The van der Waals surface area contributed by atoms with Crippen LogP contribution in [0.2, 0.25) is 0 Å². The smallest absolute Gasteiger partial charge is 0.234 e. The van der Waals surface area contributed by atoms with E-state index in [1.165, 1.54) is 4.88 Å². The standard InChI is InChI=1S/C19H26N2O3S/c1-13(16-11-15(23-4)8-9-17(16)24-5)20-19(22)12-21(3)14(2)18-7-6-10-25-18/h6-11,13-14H,12H2,1-5H3,(H,20,22)/t13-,14-/m1/s1. The van der Waals surface area contributed by atoms with Crippen LogP contribution in [-0.4, -0.2) is 38.6 Å². The van der Waals surface area contributed by atoms with Gasteiger partial charge in [0, 0.05) is 16.5 Å². The molecule has 0 spiro atoms. The number of nitrogens with one attached hydrogen (secondary N) is 1. The molecule has 5 nitrogen and oxygen atoms in total. The van der Waals surface area contributed by atoms with Crippen molar-refractivity contribution in [3.05, 3.63) is 46.2 Å². The molecule has 0 unspecified atom stereocenters. The third kappa shape index (κ3) is 4.96. The van der Waals surface area contributed by atoms with Crippen molar-refractivity contribution in [2.45, 2.75) is 25.9 Å². The molecule has 0 aliphatic heterocycles. The minimum Gasteiger partial charge on any atom is -0.497 e. The number of hydrogen-bond donors (Lipinski definition) is 1. The molecule has 0 saturated carbocycles. The second-order valence-corrected chi connectivity index (χ2v) is 6.98. The van der Waals surface area contributed by atoms with Crippen LogP contribution in [0.4, 0.5) is 0 Å². The quantitative estimate of drug-likeness (QED) is 0.779. The lowest BCUT2D eigenvalue weighted by Crippen LogP contribution is -2.37. The molecule has 0 aliphatic rings. The molecule has 25 heavy (non-hydrogen) atoms. The Hall–Kier alpha value is -2.05. The first kappa shape index (κ1) is 19.3. The van der Waals surface area contributed by atoms with Crippen molar-refractivity contribution < 1.29 is 14.3 Å². The Morgan fingerprint density at radius 3 is 2.60 bits per heavy atom. The molecule has 6 heteroatoms. The molecule has 136 valence electrons. The maximum atomic E-state index is 12.4. The van der Waals surface area contributed by atoms with E-state index in [0.29, 0.717) is 6.54 Å². The first-order chi connectivity index (χ1) is 12.0. The molecule has 1 heterocycles. The number of carbonyl (C=O) groups is 1. The molecule has 1 amide bonds. The number of benzene rings is 1. The van der Waals surface area contributed by atoms with E-state index in [1.807, 2.05) is 43.1 Å². The van der Waals surface area contributed by atoms with E-state index in [0.717, 1.165) is 17.1 Å². The van der Waals surface area contributed by atoms with Crippen LogP contribution in [0.25, 0.3) is 0 Å². The van der Waals surface area contributed by atoms with Crippen LogP contribution in [0, 0.1) is 0 Å². The monoisotopic (exact) mass is 362 g/mol. The molecular weight excluding hydrogens is 336 g/mol. The summed E-state index contributed by atoms with van der Waals surface area (Å²) in [4.78, 5) is 15.7. The van der Waals surface area contributed by atoms with Crippen molar-refractivity contribution >= 4 is 17.2 Å². The predicted molar refractivity (Wildman–Crippen MR) is 101 cm³/mol. The Kier molecular flexibility index (Phi) is 6.84. The van der Waals surface area contributed by atoms with Crippen LogP contribution in [-0.2, 0) is 4.79 Å². The maximum Gasteiger partial charge on any atom is 0.234 e. The molecule has 1 N–H and O–H groups in total. The van der Waals surface area contributed by atoms with Crippen molar-refractivity contribution in [1.82, 2.24) is 10.2 Å². The van der Waals surface area contributed by atoms with E-state index in [9.17, 15) is 4.79 Å². The molecule has 0 fully saturated rings. The largest absolute Gasteiger partial charge is 0.497 e. The minimum absolute atomic E-state index is 0.0247. The molecule has 1 aromatic heterocycles. The fourth-order valence-electron chi connectivity index (χ4n) is 2.65. The summed E-state index contributed by atoms with van der Waals surface area (Å²) in [6, 6.07) is 9.72. The highest BCUT2D eigenvalue weighted by Crippen LogP contribution is 2.29. The van der Waals surface area contributed by atoms with Gasteiger partial charge in [-0.2, -0.15) is 0 Å². The summed E-state index contributed by atoms with van der Waals surface area (Å²) in [6.45, 7) is 4.38. The number of methoxy groups -OCH3 is 2. The Morgan fingerprint density at radius 1 is 1.24 bits per heavy atom. The van der Waals surface area contributed by atoms with Gasteiger partial charge >= 0.3 is 0 Å². The topological polar surface area (TPSA) is 50.8 Å². The Labute approximate surface area is 153 Å². The van der Waals surface area contributed by atoms with E-state index in [2.05, 4.69) is 23.7 Å². The summed E-state index contributed by atoms with van der Waals surface area (Å²) >= 11 is 1.70. The average molecular weight is 362 g/mol. The fourth-order valence-corrected chi connectivity index (χ4v) is 3.50. The first-order valence-corrected chi connectivity index (χ1v) is 9.09. The van der Waals surface area contributed by atoms with Crippen LogP contribution in [0.1, 0.15) is 36.4 Å². The van der Waals surface area contributed by atoms with Crippen molar-refractivity contribution in [3.8, 4) is 11.5 Å². The van der Waals surface area contributed by atoms with Crippen LogP contribution in [0.15, 0.2) is 35.7 Å². The van der Waals surface area contributed by atoms with Crippen molar-refractivity contribution in [2.24, 2.45) is 0 Å². The average Bonchev–Trinajstić information content (AvgIpc) is 3.14. The van der Waals surface area contributed by atoms with Gasteiger partial charge in [0.25, 0.3) is 0 Å². The highest BCUT2D eigenvalue weighted by Gasteiger charge is 2.19. The van der Waals surface area contributed by atoms with E-state index in [-0.39, 0.29) is 18.0 Å². The molecule has 0 aliphatic carbocycles. The van der Waals surface area contributed by atoms with Gasteiger partial charge in [0.15, 0.2) is 0 Å². The lowest BCUT2D eigenvalue weighted by molar-refractivity contribution is -0.123. The number of rotatable bonds is 8. The second-order valence-electron chi connectivity index (χ2n) is 6.00. The molecular formula is C19H26N2O3S. The lowest BCUT2D eigenvalue weighted by atomic mass is 10.1. The molecule has 0 saturated heterocycles. The Balaban J connectivity index is 2.00. The van der Waals surface area contributed by atoms with Crippen molar-refractivity contribution in [3.63, 3.8) is 0 Å². The fraction of sp³-hybridized carbons (Fsp3) is 0.421. The number of carbonyl (C=O) groups excluding carboxylic acids is 1. The van der Waals surface area contributed by atoms with Gasteiger partial charge in [0.1, 0.15) is 11.5 Å². The third-order valence-corrected chi connectivity index (χ3v) is 5.33. The molecule has 1 aromatic carbocycles. The van der Waals surface area contributed by atoms with Crippen LogP contribution in [0.5, 0.6) is 11.5 Å². The molecule has 0 radical (unpaired) electrons. The van der Waals surface area contributed by atoms with Crippen LogP contribution < -0.4 is 14.8 Å². The zero-order valence-corrected chi connectivity index (χ0v) is 16.2. The zero-order chi connectivity index (χ0) is 18.4. The molecule has 2 rings (SSSR count). The van der Waals surface area contributed by atoms with Gasteiger partial charge in [-0.1, -0.05) is 6.07 Å². The third-order valence-electron chi connectivity index (χ3n) is 4.29. The lowest BCUT2D eigenvalue weighted by Gasteiger charge is -2.24. The Morgan fingerprint density at radius 2 is 2.00 bits per heavy atom. The van der Waals surface area contributed by atoms with Crippen molar-refractivity contribution in [1.29, 1.82) is 0 Å². The van der Waals surface area contributed by atoms with Gasteiger partial charge in [0.2, 0.25) is 5.91 Å². The van der Waals surface area contributed by atoms with Gasteiger partial charge in [-0.05, 0) is 50.5 Å². The summed E-state index contributed by atoms with van der Waals surface area (Å²) in [6.07, 6.45) is 0. The highest BCUT2D eigenvalue weighted by atomic mass is 32.1. The van der Waals surface area contributed by atoms with Crippen LogP contribution >= 0.6 is 11.3 Å². The number of nitrogens with zero attached hydrogens (tertiary/aromatic N) is 1. The van der Waals surface area contributed by atoms with Gasteiger partial charge in [-0.25, -0.2) is 0 Å². The van der Waals surface area contributed by atoms with E-state index < -0.39 is 0 Å². The van der Waals surface area contributed by atoms with Crippen molar-refractivity contribution in [2.75, 3.05) is 27.8 Å². The summed E-state index contributed by atoms with van der Waals surface area (Å²) in [5, 5.41) is 5.09. The molecule has 2 aromatic rings. The summed E-state index contributed by atoms with van der Waals surface area (Å²) in [5.41, 5.74) is 0.893. The number of ether oxygens (including phenoxy) is 2. The van der Waals surface area contributed by atoms with Gasteiger partial charge in [0.05, 0.1) is 26.8 Å². The van der Waals surface area contributed by atoms with Gasteiger partial charge in [-0.3, -0.25) is 9.69 Å². The van der Waals surface area contributed by atoms with E-state index in [1.54, 1.807) is 25.6 Å². The number of hydrogen-bond acceptors (Lipinski definition) is 5. The second kappa shape index (κ2) is 8.87. The number of thiophene rings is 1. The normalized spacial score (nSPS) is 13.4. The van der Waals surface area contributed by atoms with E-state index >= 15 is 0 Å². The SMILES string of the molecule is COc1ccc(OC)c([C@@H](C)NC(=O)CN(C)[C@H](C)c2cccs2)c1. The molecule has 2 atom stereocenters. The summed E-state index contributed by atoms with van der Waals surface area (Å²) < 4.78 is 10.7. The number of likely N-dealkylation sites (N-methyl/N-ethyl adjacent to an activating group) is 1. The molecule has 0 bridgehead atoms. The maximum absolute atomic E-state index is 12.4. The van der Waals surface area contributed by atoms with Gasteiger partial charge < -0.3 is 14.8 Å². The zero-order valence-electron chi connectivity index (χ0n) is 15.4. The van der Waals surface area contributed by atoms with Gasteiger partial charge in [-0.15, -0.1) is 11.3 Å². The summed E-state index contributed by atoms with van der Waals surface area (Å²) in [7, 11) is 5.20. The minimum atomic E-state index is -0.178.